The van der Waals surface area contributed by atoms with E-state index >= 15 is 0 Å². The highest BCUT2D eigenvalue weighted by molar-refractivity contribution is 8.03. The molecule has 0 saturated heterocycles. The summed E-state index contributed by atoms with van der Waals surface area (Å²) in [5.41, 5.74) is 7.93. The molecule has 0 fully saturated rings. The fraction of sp³-hybridized carbons (Fsp3) is 0.0233. The van der Waals surface area contributed by atoms with Gasteiger partial charge in [-0.2, -0.15) is 0 Å². The number of thioether (sulfide) groups is 1. The molecule has 48 heavy (non-hydrogen) atoms. The Morgan fingerprint density at radius 3 is 2.31 bits per heavy atom. The van der Waals surface area contributed by atoms with Crippen LogP contribution in [0.15, 0.2) is 179 Å². The number of para-hydroxylation sites is 2. The molecule has 0 bridgehead atoms. The van der Waals surface area contributed by atoms with Crippen LogP contribution in [0.25, 0.3) is 49.4 Å². The first kappa shape index (κ1) is 29.6. The van der Waals surface area contributed by atoms with Crippen molar-refractivity contribution in [2.24, 2.45) is 0 Å². The van der Waals surface area contributed by atoms with Crippen molar-refractivity contribution >= 4 is 66.9 Å². The van der Waals surface area contributed by atoms with Gasteiger partial charge >= 0.3 is 0 Å². The van der Waals surface area contributed by atoms with E-state index in [1.54, 1.807) is 11.8 Å². The summed E-state index contributed by atoms with van der Waals surface area (Å²) in [6.45, 7) is 6.13. The van der Waals surface area contributed by atoms with Gasteiger partial charge in [0.15, 0.2) is 0 Å². The molecule has 232 valence electrons. The molecule has 3 nitrogen and oxygen atoms in total. The lowest BCUT2D eigenvalue weighted by Crippen LogP contribution is -2.09. The van der Waals surface area contributed by atoms with Crippen molar-refractivity contribution in [2.75, 3.05) is 4.90 Å². The molecule has 0 aliphatic rings. The van der Waals surface area contributed by atoms with Crippen molar-refractivity contribution in [1.29, 1.82) is 0 Å². The average molecular weight is 643 g/mol. The molecule has 0 unspecified atom stereocenters. The van der Waals surface area contributed by atoms with Crippen molar-refractivity contribution in [1.82, 2.24) is 4.57 Å². The molecule has 0 N–H and O–H groups in total. The van der Waals surface area contributed by atoms with Gasteiger partial charge in [-0.1, -0.05) is 85.1 Å². The third-order valence-corrected chi connectivity index (χ3v) is 9.84. The number of aryl methyl sites for hydroxylation is 1. The van der Waals surface area contributed by atoms with Gasteiger partial charge < -0.3 is 13.9 Å². The summed E-state index contributed by atoms with van der Waals surface area (Å²) < 4.78 is 22.4. The Kier molecular flexibility index (Phi) is 7.67. The minimum absolute atomic E-state index is 0.254. The molecule has 0 amide bonds. The number of nitrogens with zero attached hydrogens (tertiary/aromatic N) is 2. The van der Waals surface area contributed by atoms with Crippen LogP contribution in [0, 0.1) is 12.7 Å². The number of halogens is 1. The highest BCUT2D eigenvalue weighted by atomic mass is 32.2. The maximum atomic E-state index is 13.9. The predicted molar refractivity (Wildman–Crippen MR) is 201 cm³/mol. The standard InChI is InChI=1S/C43H31FN2OS/c1-3-11-33(48-42-19-9-4-12-29(42)2)26-27-45(39-16-10-18-41-43(39)35-14-6-8-17-40(35)47-41)32-24-25-38-36(28-32)34-13-5-7-15-37(34)46(38)31-22-20-30(44)21-23-31/h3-28H,1H2,2H3/b27-26-,33-11+. The van der Waals surface area contributed by atoms with Gasteiger partial charge in [0.25, 0.3) is 0 Å². The lowest BCUT2D eigenvalue weighted by molar-refractivity contribution is 0.627. The topological polar surface area (TPSA) is 21.3 Å². The van der Waals surface area contributed by atoms with Crippen molar-refractivity contribution in [2.45, 2.75) is 11.8 Å². The molecule has 8 rings (SSSR count). The van der Waals surface area contributed by atoms with Gasteiger partial charge in [0, 0.05) is 43.5 Å². The zero-order valence-corrected chi connectivity index (χ0v) is 27.1. The zero-order valence-electron chi connectivity index (χ0n) is 26.3. The molecular weight excluding hydrogens is 612 g/mol. The van der Waals surface area contributed by atoms with Crippen molar-refractivity contribution in [3.05, 3.63) is 181 Å². The fourth-order valence-electron chi connectivity index (χ4n) is 6.43. The van der Waals surface area contributed by atoms with E-state index in [0.29, 0.717) is 0 Å². The summed E-state index contributed by atoms with van der Waals surface area (Å²) in [6.07, 6.45) is 8.15. The molecule has 0 aliphatic heterocycles. The molecule has 0 atom stereocenters. The smallest absolute Gasteiger partial charge is 0.137 e. The lowest BCUT2D eigenvalue weighted by atomic mass is 10.1. The average Bonchev–Trinajstić information content (AvgIpc) is 3.66. The number of fused-ring (bicyclic) bond motifs is 6. The van der Waals surface area contributed by atoms with Crippen LogP contribution < -0.4 is 4.90 Å². The second-order valence-electron chi connectivity index (χ2n) is 11.6. The molecule has 0 radical (unpaired) electrons. The van der Waals surface area contributed by atoms with Crippen molar-refractivity contribution < 1.29 is 8.81 Å². The number of rotatable bonds is 8. The van der Waals surface area contributed by atoms with Gasteiger partial charge in [0.1, 0.15) is 17.0 Å². The molecule has 0 aliphatic carbocycles. The molecule has 8 aromatic rings. The van der Waals surface area contributed by atoms with E-state index in [2.05, 4.69) is 108 Å². The summed E-state index contributed by atoms with van der Waals surface area (Å²) in [5, 5.41) is 4.34. The van der Waals surface area contributed by atoms with Gasteiger partial charge in [-0.25, -0.2) is 4.39 Å². The first-order chi connectivity index (χ1) is 23.6. The van der Waals surface area contributed by atoms with Crippen LogP contribution >= 0.6 is 11.8 Å². The van der Waals surface area contributed by atoms with E-state index in [1.807, 2.05) is 60.7 Å². The summed E-state index contributed by atoms with van der Waals surface area (Å²) >= 11 is 1.71. The van der Waals surface area contributed by atoms with Crippen molar-refractivity contribution in [3.8, 4) is 5.69 Å². The summed E-state index contributed by atoms with van der Waals surface area (Å²) in [4.78, 5) is 4.49. The molecule has 5 heteroatoms. The highest BCUT2D eigenvalue weighted by Gasteiger charge is 2.19. The number of hydrogen-bond acceptors (Lipinski definition) is 3. The third-order valence-electron chi connectivity index (χ3n) is 8.65. The number of allylic oxidation sites excluding steroid dienone is 3. The van der Waals surface area contributed by atoms with Crippen LogP contribution in [0.4, 0.5) is 15.8 Å². The van der Waals surface area contributed by atoms with Gasteiger partial charge in [-0.05, 0) is 97.4 Å². The number of anilines is 2. The predicted octanol–water partition coefficient (Wildman–Crippen LogP) is 12.6. The molecule has 0 spiro atoms. The number of hydrogen-bond donors (Lipinski definition) is 0. The normalized spacial score (nSPS) is 12.2. The quantitative estimate of drug-likeness (QED) is 0.122. The Bertz CT molecular complexity index is 2540. The maximum Gasteiger partial charge on any atom is 0.137 e. The van der Waals surface area contributed by atoms with Gasteiger partial charge in [-0.15, -0.1) is 0 Å². The van der Waals surface area contributed by atoms with Crippen LogP contribution in [0.1, 0.15) is 5.56 Å². The van der Waals surface area contributed by atoms with Crippen molar-refractivity contribution in [3.63, 3.8) is 0 Å². The van der Waals surface area contributed by atoms with Crippen LogP contribution in [0.3, 0.4) is 0 Å². The summed E-state index contributed by atoms with van der Waals surface area (Å²) in [6, 6.07) is 44.4. The van der Waals surface area contributed by atoms with E-state index in [9.17, 15) is 4.39 Å². The third kappa shape index (κ3) is 5.28. The molecule has 0 saturated carbocycles. The Labute approximate surface area is 282 Å². The number of aromatic nitrogens is 1. The van der Waals surface area contributed by atoms with E-state index < -0.39 is 0 Å². The monoisotopic (exact) mass is 642 g/mol. The van der Waals surface area contributed by atoms with E-state index in [4.69, 9.17) is 4.42 Å². The largest absolute Gasteiger partial charge is 0.456 e. The summed E-state index contributed by atoms with van der Waals surface area (Å²) in [7, 11) is 0. The number of benzene rings is 6. The second-order valence-corrected chi connectivity index (χ2v) is 12.8. The van der Waals surface area contributed by atoms with Crippen LogP contribution in [-0.2, 0) is 0 Å². The first-order valence-corrected chi connectivity index (χ1v) is 16.6. The maximum absolute atomic E-state index is 13.9. The second kappa shape index (κ2) is 12.4. The van der Waals surface area contributed by atoms with Gasteiger partial charge in [-0.3, -0.25) is 0 Å². The Morgan fingerprint density at radius 1 is 0.750 bits per heavy atom. The lowest BCUT2D eigenvalue weighted by Gasteiger charge is -2.22. The van der Waals surface area contributed by atoms with Gasteiger partial charge in [0.2, 0.25) is 0 Å². The molecule has 2 heterocycles. The SMILES string of the molecule is C=C/C=C(\C=C/N(c1ccc2c(c1)c1ccccc1n2-c1ccc(F)cc1)c1cccc2oc3ccccc3c12)Sc1ccccc1C. The Hall–Kier alpha value is -5.78. The fourth-order valence-corrected chi connectivity index (χ4v) is 7.35. The Morgan fingerprint density at radius 2 is 1.48 bits per heavy atom. The van der Waals surface area contributed by atoms with Crippen LogP contribution in [-0.4, -0.2) is 4.57 Å². The minimum Gasteiger partial charge on any atom is -0.456 e. The first-order valence-electron chi connectivity index (χ1n) is 15.8. The zero-order chi connectivity index (χ0) is 32.6. The van der Waals surface area contributed by atoms with E-state index in [-0.39, 0.29) is 5.82 Å². The van der Waals surface area contributed by atoms with Crippen LogP contribution in [0.5, 0.6) is 0 Å². The van der Waals surface area contributed by atoms with E-state index in [1.165, 1.54) is 22.6 Å². The molecule has 2 aromatic heterocycles. The molecule has 6 aromatic carbocycles. The minimum atomic E-state index is -0.254. The van der Waals surface area contributed by atoms with Gasteiger partial charge in [0.05, 0.1) is 22.1 Å². The number of furan rings is 1. The van der Waals surface area contributed by atoms with Crippen LogP contribution in [0.2, 0.25) is 0 Å². The Balaban J connectivity index is 1.34. The molecular formula is C43H31FN2OS. The van der Waals surface area contributed by atoms with E-state index in [0.717, 1.165) is 65.7 Å². The summed E-state index contributed by atoms with van der Waals surface area (Å²) in [5.74, 6) is -0.254. The highest BCUT2D eigenvalue weighted by Crippen LogP contribution is 2.42.